The van der Waals surface area contributed by atoms with Gasteiger partial charge in [-0.2, -0.15) is 0 Å². The smallest absolute Gasteiger partial charge is 0.449 e. The number of carboxylic acid groups (broad SMARTS) is 1. The van der Waals surface area contributed by atoms with Crippen molar-refractivity contribution in [1.82, 2.24) is 9.88 Å². The number of hydrogen-bond donors (Lipinski definition) is 1. The minimum atomic E-state index is -1.31. The third-order valence-corrected chi connectivity index (χ3v) is 5.70. The lowest BCUT2D eigenvalue weighted by atomic mass is 10.1. The van der Waals surface area contributed by atoms with Crippen LogP contribution in [0.3, 0.4) is 0 Å². The number of nitrogens with zero attached hydrogens (tertiary/aromatic N) is 2. The number of allylic oxidation sites excluding steroid dienone is 1. The fourth-order valence-electron chi connectivity index (χ4n) is 3.03. The zero-order valence-electron chi connectivity index (χ0n) is 16.0. The van der Waals surface area contributed by atoms with Crippen LogP contribution >= 0.6 is 11.8 Å². The molecule has 0 saturated carbocycles. The number of pyridine rings is 1. The van der Waals surface area contributed by atoms with E-state index in [2.05, 4.69) is 9.88 Å². The van der Waals surface area contributed by atoms with Gasteiger partial charge in [-0.1, -0.05) is 18.2 Å². The van der Waals surface area contributed by atoms with Crippen molar-refractivity contribution in [3.05, 3.63) is 88.7 Å². The quantitative estimate of drug-likeness (QED) is 0.467. The van der Waals surface area contributed by atoms with E-state index < -0.39 is 6.16 Å². The predicted octanol–water partition coefficient (Wildman–Crippen LogP) is 4.86. The standard InChI is InChI=1S/C22H23FN2O3S/c23-19-7-5-17(6-8-19)3-2-16-29-21-20(28-22(26)27)4-1-14-25(21)15-11-18-9-12-24-13-10-18/h1,4-10,12-13H,2-3,11,14-16H2,(H,26,27). The van der Waals surface area contributed by atoms with Crippen LogP contribution < -0.4 is 0 Å². The number of thioether (sulfide) groups is 1. The van der Waals surface area contributed by atoms with Gasteiger partial charge in [-0.15, -0.1) is 11.8 Å². The van der Waals surface area contributed by atoms with Gasteiger partial charge in [0.05, 0.1) is 0 Å². The average molecular weight is 415 g/mol. The summed E-state index contributed by atoms with van der Waals surface area (Å²) in [6.45, 7) is 1.46. The average Bonchev–Trinajstić information content (AvgIpc) is 2.72. The molecule has 152 valence electrons. The maximum atomic E-state index is 13.0. The van der Waals surface area contributed by atoms with Gasteiger partial charge >= 0.3 is 6.16 Å². The highest BCUT2D eigenvalue weighted by atomic mass is 32.2. The molecule has 1 aliphatic rings. The number of aromatic nitrogens is 1. The van der Waals surface area contributed by atoms with Crippen LogP contribution in [-0.4, -0.2) is 40.0 Å². The highest BCUT2D eigenvalue weighted by Crippen LogP contribution is 2.30. The lowest BCUT2D eigenvalue weighted by molar-refractivity contribution is 0.119. The third-order valence-electron chi connectivity index (χ3n) is 4.47. The van der Waals surface area contributed by atoms with Crippen molar-refractivity contribution >= 4 is 17.9 Å². The van der Waals surface area contributed by atoms with E-state index in [1.807, 2.05) is 18.2 Å². The molecule has 1 aromatic carbocycles. The monoisotopic (exact) mass is 414 g/mol. The maximum Gasteiger partial charge on any atom is 0.511 e. The minimum absolute atomic E-state index is 0.234. The van der Waals surface area contributed by atoms with Crippen LogP contribution in [0, 0.1) is 5.82 Å². The lowest BCUT2D eigenvalue weighted by Gasteiger charge is -2.29. The maximum absolute atomic E-state index is 13.0. The molecule has 29 heavy (non-hydrogen) atoms. The molecular weight excluding hydrogens is 391 g/mol. The molecule has 0 saturated heterocycles. The van der Waals surface area contributed by atoms with Crippen molar-refractivity contribution < 1.29 is 19.0 Å². The summed E-state index contributed by atoms with van der Waals surface area (Å²) in [6.07, 6.45) is 8.41. The van der Waals surface area contributed by atoms with E-state index in [1.165, 1.54) is 17.7 Å². The summed E-state index contributed by atoms with van der Waals surface area (Å²) >= 11 is 1.59. The second kappa shape index (κ2) is 10.7. The van der Waals surface area contributed by atoms with E-state index >= 15 is 0 Å². The second-order valence-corrected chi connectivity index (χ2v) is 7.65. The Labute approximate surface area is 173 Å². The SMILES string of the molecule is O=C(O)OC1=C(SCCCc2ccc(F)cc2)N(CCc2ccncc2)CC=C1. The minimum Gasteiger partial charge on any atom is -0.449 e. The van der Waals surface area contributed by atoms with Crippen LogP contribution in [-0.2, 0) is 17.6 Å². The normalized spacial score (nSPS) is 13.6. The molecule has 2 heterocycles. The fraction of sp³-hybridized carbons (Fsp3) is 0.273. The first-order valence-corrected chi connectivity index (χ1v) is 10.4. The highest BCUT2D eigenvalue weighted by Gasteiger charge is 2.20. The Kier molecular flexibility index (Phi) is 7.69. The number of rotatable bonds is 9. The number of aryl methyl sites for hydroxylation is 1. The summed E-state index contributed by atoms with van der Waals surface area (Å²) in [4.78, 5) is 17.3. The number of hydrogen-bond acceptors (Lipinski definition) is 5. The Hall–Kier alpha value is -2.80. The predicted molar refractivity (Wildman–Crippen MR) is 112 cm³/mol. The first kappa shape index (κ1) is 20.9. The van der Waals surface area contributed by atoms with Crippen LogP contribution in [0.4, 0.5) is 9.18 Å². The molecule has 0 unspecified atom stereocenters. The van der Waals surface area contributed by atoms with E-state index in [9.17, 15) is 9.18 Å². The van der Waals surface area contributed by atoms with Crippen molar-refractivity contribution in [3.63, 3.8) is 0 Å². The molecule has 0 bridgehead atoms. The summed E-state index contributed by atoms with van der Waals surface area (Å²) in [5.41, 5.74) is 2.26. The molecule has 1 aromatic heterocycles. The summed E-state index contributed by atoms with van der Waals surface area (Å²) in [5, 5.41) is 9.90. The van der Waals surface area contributed by atoms with E-state index in [-0.39, 0.29) is 5.82 Å². The molecule has 0 atom stereocenters. The van der Waals surface area contributed by atoms with Crippen molar-refractivity contribution in [2.24, 2.45) is 0 Å². The van der Waals surface area contributed by atoms with Crippen molar-refractivity contribution in [3.8, 4) is 0 Å². The van der Waals surface area contributed by atoms with Gasteiger partial charge in [0.25, 0.3) is 0 Å². The third kappa shape index (κ3) is 6.64. The summed E-state index contributed by atoms with van der Waals surface area (Å²) in [5.74, 6) is 0.937. The van der Waals surface area contributed by atoms with Gasteiger partial charge < -0.3 is 14.7 Å². The molecule has 0 spiro atoms. The largest absolute Gasteiger partial charge is 0.511 e. The Balaban J connectivity index is 1.61. The first-order valence-electron chi connectivity index (χ1n) is 9.44. The van der Waals surface area contributed by atoms with E-state index in [1.54, 1.807) is 42.4 Å². The number of benzene rings is 1. The van der Waals surface area contributed by atoms with E-state index in [0.717, 1.165) is 42.2 Å². The molecule has 2 aromatic rings. The van der Waals surface area contributed by atoms with Gasteiger partial charge in [0.15, 0.2) is 5.76 Å². The Morgan fingerprint density at radius 3 is 2.59 bits per heavy atom. The molecule has 3 rings (SSSR count). The molecular formula is C22H23FN2O3S. The van der Waals surface area contributed by atoms with Crippen molar-refractivity contribution in [2.75, 3.05) is 18.8 Å². The zero-order valence-corrected chi connectivity index (χ0v) is 16.8. The molecule has 0 radical (unpaired) electrons. The van der Waals surface area contributed by atoms with Gasteiger partial charge in [0.2, 0.25) is 0 Å². The molecule has 7 heteroatoms. The Bertz CT molecular complexity index is 869. The van der Waals surface area contributed by atoms with Crippen molar-refractivity contribution in [1.29, 1.82) is 0 Å². The number of halogens is 1. The lowest BCUT2D eigenvalue weighted by Crippen LogP contribution is -2.28. The molecule has 0 fully saturated rings. The molecule has 0 amide bonds. The Morgan fingerprint density at radius 2 is 1.86 bits per heavy atom. The first-order chi connectivity index (χ1) is 14.1. The number of ether oxygens (including phenoxy) is 1. The van der Waals surface area contributed by atoms with E-state index in [4.69, 9.17) is 9.84 Å². The molecule has 1 aliphatic heterocycles. The molecule has 5 nitrogen and oxygen atoms in total. The van der Waals surface area contributed by atoms with Crippen LogP contribution in [0.5, 0.6) is 0 Å². The van der Waals surface area contributed by atoms with Crippen LogP contribution in [0.1, 0.15) is 17.5 Å². The Morgan fingerprint density at radius 1 is 1.14 bits per heavy atom. The fourth-order valence-corrected chi connectivity index (χ4v) is 4.12. The summed E-state index contributed by atoms with van der Waals surface area (Å²) in [7, 11) is 0. The van der Waals surface area contributed by atoms with Crippen LogP contribution in [0.25, 0.3) is 0 Å². The number of carbonyl (C=O) groups is 1. The highest BCUT2D eigenvalue weighted by molar-refractivity contribution is 8.03. The molecule has 1 N–H and O–H groups in total. The van der Waals surface area contributed by atoms with Crippen molar-refractivity contribution in [2.45, 2.75) is 19.3 Å². The topological polar surface area (TPSA) is 62.7 Å². The summed E-state index contributed by atoms with van der Waals surface area (Å²) < 4.78 is 18.0. The van der Waals surface area contributed by atoms with Gasteiger partial charge in [-0.25, -0.2) is 9.18 Å². The second-order valence-electron chi connectivity index (χ2n) is 6.57. The van der Waals surface area contributed by atoms with Gasteiger partial charge in [-0.05, 0) is 66.5 Å². The molecule has 0 aliphatic carbocycles. The van der Waals surface area contributed by atoms with Gasteiger partial charge in [0, 0.05) is 25.5 Å². The zero-order chi connectivity index (χ0) is 20.5. The summed E-state index contributed by atoms with van der Waals surface area (Å²) in [6, 6.07) is 10.5. The van der Waals surface area contributed by atoms with Gasteiger partial charge in [0.1, 0.15) is 10.8 Å². The van der Waals surface area contributed by atoms with Crippen LogP contribution in [0.2, 0.25) is 0 Å². The van der Waals surface area contributed by atoms with E-state index in [0.29, 0.717) is 12.3 Å². The van der Waals surface area contributed by atoms with Crippen LogP contribution in [0.15, 0.2) is 71.7 Å². The van der Waals surface area contributed by atoms with Gasteiger partial charge in [-0.3, -0.25) is 4.98 Å².